The highest BCUT2D eigenvalue weighted by molar-refractivity contribution is 7.98. The molecule has 1 aromatic carbocycles. The molecule has 0 atom stereocenters. The summed E-state index contributed by atoms with van der Waals surface area (Å²) in [4.78, 5) is 8.53. The van der Waals surface area contributed by atoms with Gasteiger partial charge in [-0.3, -0.25) is 5.10 Å². The van der Waals surface area contributed by atoms with Gasteiger partial charge in [-0.1, -0.05) is 19.1 Å². The maximum absolute atomic E-state index is 4.33. The zero-order valence-electron chi connectivity index (χ0n) is 11.3. The fraction of sp³-hybridized carbons (Fsp3) is 0.214. The number of nitrogens with zero attached hydrogens (tertiary/aromatic N) is 3. The molecule has 0 unspecified atom stereocenters. The molecule has 0 fully saturated rings. The van der Waals surface area contributed by atoms with Gasteiger partial charge in [0.25, 0.3) is 0 Å². The number of aromatic amines is 1. The fourth-order valence-electron chi connectivity index (χ4n) is 2.04. The van der Waals surface area contributed by atoms with Crippen LogP contribution in [0, 0.1) is 0 Å². The van der Waals surface area contributed by atoms with Gasteiger partial charge in [-0.05, 0) is 30.4 Å². The highest BCUT2D eigenvalue weighted by Crippen LogP contribution is 2.29. The van der Waals surface area contributed by atoms with Gasteiger partial charge in [0.05, 0.1) is 5.39 Å². The molecule has 0 aliphatic rings. The van der Waals surface area contributed by atoms with Crippen molar-refractivity contribution in [2.24, 2.45) is 0 Å². The van der Waals surface area contributed by atoms with Crippen molar-refractivity contribution < 1.29 is 0 Å². The molecule has 5 nitrogen and oxygen atoms in total. The number of fused-ring (bicyclic) bond motifs is 1. The second-order valence-corrected chi connectivity index (χ2v) is 5.15. The predicted molar refractivity (Wildman–Crippen MR) is 82.6 cm³/mol. The van der Waals surface area contributed by atoms with E-state index >= 15 is 0 Å². The van der Waals surface area contributed by atoms with E-state index in [9.17, 15) is 0 Å². The minimum Gasteiger partial charge on any atom is -0.339 e. The average molecular weight is 285 g/mol. The van der Waals surface area contributed by atoms with Crippen molar-refractivity contribution >= 4 is 34.3 Å². The van der Waals surface area contributed by atoms with Gasteiger partial charge in [-0.15, -0.1) is 11.8 Å². The van der Waals surface area contributed by atoms with E-state index in [4.69, 9.17) is 0 Å². The molecule has 6 heteroatoms. The van der Waals surface area contributed by atoms with E-state index in [1.807, 2.05) is 6.26 Å². The summed E-state index contributed by atoms with van der Waals surface area (Å²) in [5.74, 6) is 0.775. The fourth-order valence-corrected chi connectivity index (χ4v) is 2.57. The van der Waals surface area contributed by atoms with Gasteiger partial charge in [0.1, 0.15) is 17.2 Å². The summed E-state index contributed by atoms with van der Waals surface area (Å²) < 4.78 is 0. The van der Waals surface area contributed by atoms with Crippen LogP contribution in [0.3, 0.4) is 0 Å². The number of benzene rings is 1. The summed E-state index contributed by atoms with van der Waals surface area (Å²) in [6, 6.07) is 8.36. The molecule has 0 amide bonds. The Balaban J connectivity index is 1.99. The maximum Gasteiger partial charge on any atom is 0.161 e. The Bertz CT molecular complexity index is 720. The summed E-state index contributed by atoms with van der Waals surface area (Å²) in [7, 11) is 0. The lowest BCUT2D eigenvalue weighted by atomic mass is 10.1. The van der Waals surface area contributed by atoms with E-state index in [1.165, 1.54) is 11.9 Å². The van der Waals surface area contributed by atoms with Crippen molar-refractivity contribution in [3.63, 3.8) is 0 Å². The number of rotatable bonds is 4. The van der Waals surface area contributed by atoms with Gasteiger partial charge >= 0.3 is 0 Å². The van der Waals surface area contributed by atoms with E-state index in [0.717, 1.165) is 34.0 Å². The lowest BCUT2D eigenvalue weighted by molar-refractivity contribution is 1.02. The molecule has 20 heavy (non-hydrogen) atoms. The molecule has 0 aliphatic carbocycles. The van der Waals surface area contributed by atoms with Crippen LogP contribution in [0.1, 0.15) is 12.5 Å². The summed E-state index contributed by atoms with van der Waals surface area (Å²) >= 11 is 1.57. The van der Waals surface area contributed by atoms with Crippen LogP contribution >= 0.6 is 11.8 Å². The number of anilines is 2. The highest BCUT2D eigenvalue weighted by Gasteiger charge is 2.12. The number of hydrogen-bond acceptors (Lipinski definition) is 5. The van der Waals surface area contributed by atoms with Crippen molar-refractivity contribution in [3.05, 3.63) is 36.2 Å². The van der Waals surface area contributed by atoms with E-state index in [2.05, 4.69) is 56.7 Å². The molecule has 2 aromatic heterocycles. The second kappa shape index (κ2) is 5.50. The molecular weight excluding hydrogens is 270 g/mol. The van der Waals surface area contributed by atoms with Crippen molar-refractivity contribution in [3.8, 4) is 0 Å². The minimum absolute atomic E-state index is 0.747. The number of hydrogen-bond donors (Lipinski definition) is 2. The van der Waals surface area contributed by atoms with Crippen LogP contribution in [0.15, 0.2) is 35.6 Å². The Labute approximate surface area is 121 Å². The average Bonchev–Trinajstić information content (AvgIpc) is 2.92. The van der Waals surface area contributed by atoms with Crippen LogP contribution in [-0.4, -0.2) is 26.4 Å². The molecule has 102 valence electrons. The van der Waals surface area contributed by atoms with E-state index in [1.54, 1.807) is 11.8 Å². The first-order chi connectivity index (χ1) is 9.81. The summed E-state index contributed by atoms with van der Waals surface area (Å²) in [6.45, 7) is 2.15. The molecule has 2 N–H and O–H groups in total. The molecular formula is C14H15N5S. The monoisotopic (exact) mass is 285 g/mol. The van der Waals surface area contributed by atoms with Crippen LogP contribution in [-0.2, 0) is 6.42 Å². The first-order valence-electron chi connectivity index (χ1n) is 6.41. The molecule has 2 heterocycles. The Morgan fingerprint density at radius 2 is 2.00 bits per heavy atom. The zero-order valence-corrected chi connectivity index (χ0v) is 12.2. The third-order valence-electron chi connectivity index (χ3n) is 3.14. The molecule has 0 radical (unpaired) electrons. The molecule has 0 aliphatic heterocycles. The van der Waals surface area contributed by atoms with Crippen molar-refractivity contribution in [2.75, 3.05) is 11.6 Å². The SMILES string of the molecule is CCc1ccc(Nc2ncnc3[nH]nc(SC)c23)cc1. The first-order valence-corrected chi connectivity index (χ1v) is 7.63. The molecule has 3 aromatic rings. The number of H-pyrrole nitrogens is 1. The summed E-state index contributed by atoms with van der Waals surface area (Å²) in [5.41, 5.74) is 3.07. The van der Waals surface area contributed by atoms with Crippen LogP contribution in [0.2, 0.25) is 0 Å². The third-order valence-corrected chi connectivity index (χ3v) is 3.82. The lowest BCUT2D eigenvalue weighted by Crippen LogP contribution is -1.95. The number of aromatic nitrogens is 4. The van der Waals surface area contributed by atoms with Crippen molar-refractivity contribution in [1.29, 1.82) is 0 Å². The summed E-state index contributed by atoms with van der Waals surface area (Å²) in [5, 5.41) is 12.3. The standard InChI is InChI=1S/C14H15N5S/c1-3-9-4-6-10(7-5-9)17-12-11-13(16-8-15-12)18-19-14(11)20-2/h4-8H,3H2,1-2H3,(H2,15,16,17,18,19). The van der Waals surface area contributed by atoms with Gasteiger partial charge in [0.15, 0.2) is 5.65 Å². The molecule has 0 bridgehead atoms. The molecule has 0 saturated heterocycles. The zero-order chi connectivity index (χ0) is 13.9. The van der Waals surface area contributed by atoms with Gasteiger partial charge in [-0.25, -0.2) is 9.97 Å². The topological polar surface area (TPSA) is 66.5 Å². The van der Waals surface area contributed by atoms with E-state index in [0.29, 0.717) is 0 Å². The Hall–Kier alpha value is -2.08. The Kier molecular flexibility index (Phi) is 3.56. The van der Waals surface area contributed by atoms with Gasteiger partial charge < -0.3 is 5.32 Å². The molecule has 0 saturated carbocycles. The van der Waals surface area contributed by atoms with Crippen LogP contribution in [0.5, 0.6) is 0 Å². The van der Waals surface area contributed by atoms with Crippen molar-refractivity contribution in [1.82, 2.24) is 20.2 Å². The van der Waals surface area contributed by atoms with Gasteiger partial charge in [0, 0.05) is 5.69 Å². The normalized spacial score (nSPS) is 10.9. The van der Waals surface area contributed by atoms with Crippen molar-refractivity contribution in [2.45, 2.75) is 18.4 Å². The van der Waals surface area contributed by atoms with E-state index < -0.39 is 0 Å². The first kappa shape index (κ1) is 12.9. The van der Waals surface area contributed by atoms with Crippen LogP contribution in [0.4, 0.5) is 11.5 Å². The van der Waals surface area contributed by atoms with Gasteiger partial charge in [0.2, 0.25) is 0 Å². The molecule has 0 spiro atoms. The molecule has 3 rings (SSSR count). The highest BCUT2D eigenvalue weighted by atomic mass is 32.2. The van der Waals surface area contributed by atoms with Crippen LogP contribution in [0.25, 0.3) is 11.0 Å². The van der Waals surface area contributed by atoms with E-state index in [-0.39, 0.29) is 0 Å². The number of nitrogens with one attached hydrogen (secondary N) is 2. The Morgan fingerprint density at radius 1 is 1.20 bits per heavy atom. The maximum atomic E-state index is 4.33. The van der Waals surface area contributed by atoms with Gasteiger partial charge in [-0.2, -0.15) is 5.10 Å². The minimum atomic E-state index is 0.747. The quantitative estimate of drug-likeness (QED) is 0.719. The number of thioether (sulfide) groups is 1. The Morgan fingerprint density at radius 3 is 2.70 bits per heavy atom. The smallest absolute Gasteiger partial charge is 0.161 e. The number of aryl methyl sites for hydroxylation is 1. The predicted octanol–water partition coefficient (Wildman–Crippen LogP) is 3.38. The van der Waals surface area contributed by atoms with Crippen LogP contribution < -0.4 is 5.32 Å². The second-order valence-electron chi connectivity index (χ2n) is 4.35. The third kappa shape index (κ3) is 2.34. The summed E-state index contributed by atoms with van der Waals surface area (Å²) in [6.07, 6.45) is 4.56. The largest absolute Gasteiger partial charge is 0.339 e. The lowest BCUT2D eigenvalue weighted by Gasteiger charge is -2.07.